The molecule has 55 heavy (non-hydrogen) atoms. The van der Waals surface area contributed by atoms with Crippen LogP contribution < -0.4 is 5.32 Å². The SMILES string of the molecule is C[C@@H](c1ccc(Cl)c(-n2ncnc2C(F)F)c1)N1C(=O)C(CC(C)(C)CC#N)(c2ccc(-c3cnn(C4CC4)c3)cc2)N=C1NC(=O)OCc1ccccc1. The molecule has 1 aliphatic carbocycles. The van der Waals surface area contributed by atoms with E-state index in [0.717, 1.165) is 40.5 Å². The van der Waals surface area contributed by atoms with Gasteiger partial charge in [0.15, 0.2) is 11.4 Å². The highest BCUT2D eigenvalue weighted by atomic mass is 35.5. The molecule has 0 radical (unpaired) electrons. The van der Waals surface area contributed by atoms with Crippen LogP contribution in [0, 0.1) is 16.7 Å². The molecule has 3 heterocycles. The Bertz CT molecular complexity index is 2280. The number of aromatic nitrogens is 5. The Hall–Kier alpha value is -5.94. The summed E-state index contributed by atoms with van der Waals surface area (Å²) in [5, 5.41) is 21.1. The van der Waals surface area contributed by atoms with E-state index in [1.807, 2.05) is 85.5 Å². The van der Waals surface area contributed by atoms with Crippen molar-refractivity contribution in [3.05, 3.63) is 119 Å². The van der Waals surface area contributed by atoms with Gasteiger partial charge in [0.2, 0.25) is 5.96 Å². The summed E-state index contributed by atoms with van der Waals surface area (Å²) in [5.74, 6) is -1.15. The number of halogens is 3. The summed E-state index contributed by atoms with van der Waals surface area (Å²) in [7, 11) is 0. The van der Waals surface area contributed by atoms with E-state index < -0.39 is 41.2 Å². The largest absolute Gasteiger partial charge is 0.444 e. The maximum Gasteiger partial charge on any atom is 0.414 e. The van der Waals surface area contributed by atoms with Crippen LogP contribution in [0.5, 0.6) is 0 Å². The van der Waals surface area contributed by atoms with E-state index in [4.69, 9.17) is 21.3 Å². The smallest absolute Gasteiger partial charge is 0.414 e. The summed E-state index contributed by atoms with van der Waals surface area (Å²) in [6.45, 7) is 5.47. The van der Waals surface area contributed by atoms with Crippen LogP contribution in [-0.4, -0.2) is 47.4 Å². The highest BCUT2D eigenvalue weighted by Gasteiger charge is 2.54. The number of hydrogen-bond donors (Lipinski definition) is 1. The molecular formula is C40H38ClF2N9O3. The quantitative estimate of drug-likeness (QED) is 0.134. The van der Waals surface area contributed by atoms with Gasteiger partial charge in [0.05, 0.1) is 35.1 Å². The number of guanidine groups is 1. The molecule has 1 saturated carbocycles. The molecule has 2 amide bonds. The van der Waals surface area contributed by atoms with Crippen LogP contribution in [0.1, 0.15) is 87.5 Å². The van der Waals surface area contributed by atoms with Crippen molar-refractivity contribution in [1.82, 2.24) is 34.8 Å². The fraction of sp³-hybridized carbons (Fsp3) is 0.325. The molecule has 0 saturated heterocycles. The van der Waals surface area contributed by atoms with Crippen molar-refractivity contribution in [2.24, 2.45) is 10.4 Å². The van der Waals surface area contributed by atoms with E-state index in [1.165, 1.54) is 11.0 Å². The lowest BCUT2D eigenvalue weighted by molar-refractivity contribution is -0.134. The van der Waals surface area contributed by atoms with Gasteiger partial charge in [-0.3, -0.25) is 19.7 Å². The number of carbonyl (C=O) groups is 2. The van der Waals surface area contributed by atoms with Gasteiger partial charge in [-0.15, -0.1) is 0 Å². The average molecular weight is 766 g/mol. The summed E-state index contributed by atoms with van der Waals surface area (Å²) < 4.78 is 36.2. The Morgan fingerprint density at radius 3 is 2.53 bits per heavy atom. The molecule has 2 atom stereocenters. The van der Waals surface area contributed by atoms with Crippen LogP contribution in [0.25, 0.3) is 16.8 Å². The summed E-state index contributed by atoms with van der Waals surface area (Å²) >= 11 is 6.50. The van der Waals surface area contributed by atoms with Crippen molar-refractivity contribution in [2.75, 3.05) is 0 Å². The zero-order valence-electron chi connectivity index (χ0n) is 30.4. The Morgan fingerprint density at radius 2 is 1.84 bits per heavy atom. The minimum absolute atomic E-state index is 0.0342. The number of benzene rings is 3. The fourth-order valence-corrected chi connectivity index (χ4v) is 7.10. The van der Waals surface area contributed by atoms with Gasteiger partial charge in [0, 0.05) is 18.2 Å². The van der Waals surface area contributed by atoms with E-state index in [2.05, 4.69) is 26.6 Å². The number of carbonyl (C=O) groups excluding carboxylic acids is 2. The number of ether oxygens (including phenoxy) is 1. The maximum atomic E-state index is 15.2. The molecular weight excluding hydrogens is 728 g/mol. The second kappa shape index (κ2) is 15.1. The average Bonchev–Trinajstić information content (AvgIpc) is 3.56. The number of nitriles is 1. The van der Waals surface area contributed by atoms with Crippen molar-refractivity contribution >= 4 is 29.6 Å². The van der Waals surface area contributed by atoms with E-state index in [0.29, 0.717) is 17.2 Å². The molecule has 7 rings (SSSR count). The lowest BCUT2D eigenvalue weighted by Gasteiger charge is -2.35. The summed E-state index contributed by atoms with van der Waals surface area (Å²) in [5.41, 5.74) is 1.45. The van der Waals surface area contributed by atoms with Crippen molar-refractivity contribution in [3.63, 3.8) is 0 Å². The summed E-state index contributed by atoms with van der Waals surface area (Å²) in [4.78, 5) is 38.7. The highest BCUT2D eigenvalue weighted by molar-refractivity contribution is 6.32. The van der Waals surface area contributed by atoms with Crippen LogP contribution in [0.4, 0.5) is 13.6 Å². The monoisotopic (exact) mass is 765 g/mol. The zero-order valence-corrected chi connectivity index (χ0v) is 31.1. The van der Waals surface area contributed by atoms with Gasteiger partial charge in [-0.25, -0.2) is 28.2 Å². The lowest BCUT2D eigenvalue weighted by atomic mass is 9.73. The molecule has 5 aromatic rings. The van der Waals surface area contributed by atoms with Crippen molar-refractivity contribution in [2.45, 2.75) is 77.1 Å². The Kier molecular flexibility index (Phi) is 10.2. The third-order valence-electron chi connectivity index (χ3n) is 9.87. The van der Waals surface area contributed by atoms with Gasteiger partial charge < -0.3 is 4.74 Å². The first kappa shape index (κ1) is 37.4. The minimum atomic E-state index is -2.93. The van der Waals surface area contributed by atoms with Gasteiger partial charge >= 0.3 is 6.09 Å². The fourth-order valence-electron chi connectivity index (χ4n) is 6.90. The van der Waals surface area contributed by atoms with Crippen molar-refractivity contribution < 1.29 is 23.1 Å². The minimum Gasteiger partial charge on any atom is -0.444 e. The highest BCUT2D eigenvalue weighted by Crippen LogP contribution is 2.47. The van der Waals surface area contributed by atoms with E-state index in [-0.39, 0.29) is 36.1 Å². The number of nitrogens with one attached hydrogen (secondary N) is 1. The Labute approximate surface area is 321 Å². The molecule has 2 aliphatic rings. The van der Waals surface area contributed by atoms with E-state index in [9.17, 15) is 18.8 Å². The molecule has 1 N–H and O–H groups in total. The van der Waals surface area contributed by atoms with Crippen LogP contribution >= 0.6 is 11.6 Å². The molecule has 2 aromatic heterocycles. The molecule has 1 aliphatic heterocycles. The Balaban J connectivity index is 1.29. The first-order chi connectivity index (χ1) is 26.4. The first-order valence-electron chi connectivity index (χ1n) is 17.8. The number of nitrogens with zero attached hydrogens (tertiary/aromatic N) is 8. The molecule has 1 unspecified atom stereocenters. The third-order valence-corrected chi connectivity index (χ3v) is 10.2. The predicted molar refractivity (Wildman–Crippen MR) is 200 cm³/mol. The van der Waals surface area contributed by atoms with Crippen LogP contribution in [0.15, 0.2) is 96.5 Å². The van der Waals surface area contributed by atoms with E-state index >= 15 is 4.79 Å². The number of alkyl halides is 2. The van der Waals surface area contributed by atoms with Crippen LogP contribution in [0.3, 0.4) is 0 Å². The maximum absolute atomic E-state index is 15.2. The summed E-state index contributed by atoms with van der Waals surface area (Å²) in [6.07, 6.45) is 3.49. The molecule has 12 nitrogen and oxygen atoms in total. The van der Waals surface area contributed by atoms with Crippen LogP contribution in [-0.2, 0) is 21.7 Å². The van der Waals surface area contributed by atoms with Crippen molar-refractivity contribution in [1.29, 1.82) is 5.26 Å². The molecule has 0 bridgehead atoms. The third kappa shape index (κ3) is 7.70. The van der Waals surface area contributed by atoms with Gasteiger partial charge in [-0.2, -0.15) is 15.5 Å². The second-order valence-electron chi connectivity index (χ2n) is 14.6. The molecule has 0 spiro atoms. The number of rotatable bonds is 12. The van der Waals surface area contributed by atoms with Crippen LogP contribution in [0.2, 0.25) is 5.02 Å². The zero-order chi connectivity index (χ0) is 38.9. The second-order valence-corrected chi connectivity index (χ2v) is 15.0. The number of amides is 2. The standard InChI is InChI=1S/C40H38ClF2N9O3/c1-25(28-11-16-32(41)33(19-28)52-35(34(42)43)45-24-47-52)51-36(53)40(23-39(2,3)17-18-44,49-37(51)48-38(54)55-22-26-7-5-4-6-8-26)30-12-9-27(10-13-30)29-20-46-50(21-29)31-14-15-31/h4-13,16,19-21,24-25,31,34H,14-15,17,22-23H2,1-3H3,(H,48,49,54)/t25-,40?/m0/s1. The number of alkyl carbamates (subject to hydrolysis) is 1. The van der Waals surface area contributed by atoms with E-state index in [1.54, 1.807) is 19.1 Å². The van der Waals surface area contributed by atoms with Gasteiger partial charge in [-0.1, -0.05) is 86.1 Å². The normalized spacial score (nSPS) is 17.6. The van der Waals surface area contributed by atoms with Crippen molar-refractivity contribution in [3.8, 4) is 22.9 Å². The number of aliphatic imine (C=N–C) groups is 1. The number of hydrogen-bond acceptors (Lipinski definition) is 8. The van der Waals surface area contributed by atoms with Gasteiger partial charge in [0.25, 0.3) is 12.3 Å². The topological polar surface area (TPSA) is 143 Å². The van der Waals surface area contributed by atoms with Gasteiger partial charge in [0.1, 0.15) is 12.9 Å². The molecule has 3 aromatic carbocycles. The lowest BCUT2D eigenvalue weighted by Crippen LogP contribution is -2.48. The molecule has 282 valence electrons. The first-order valence-corrected chi connectivity index (χ1v) is 18.2. The predicted octanol–water partition coefficient (Wildman–Crippen LogP) is 8.47. The summed E-state index contributed by atoms with van der Waals surface area (Å²) in [6, 6.07) is 23.2. The Morgan fingerprint density at radius 1 is 1.09 bits per heavy atom. The molecule has 1 fully saturated rings. The van der Waals surface area contributed by atoms with Gasteiger partial charge in [-0.05, 0) is 66.0 Å². The molecule has 15 heteroatoms.